The van der Waals surface area contributed by atoms with Crippen LogP contribution in [0.3, 0.4) is 0 Å². The first kappa shape index (κ1) is 18.7. The molecule has 2 aliphatic rings. The van der Waals surface area contributed by atoms with Gasteiger partial charge < -0.3 is 15.4 Å². The molecular weight excluding hydrogens is 330 g/mol. The molecule has 1 aromatic rings. The maximum Gasteiger partial charge on any atom is 0.237 e. The molecule has 2 N–H and O–H groups in total. The molecule has 0 aliphatic carbocycles. The van der Waals surface area contributed by atoms with Crippen molar-refractivity contribution < 1.29 is 14.3 Å². The summed E-state index contributed by atoms with van der Waals surface area (Å²) >= 11 is 0. The van der Waals surface area contributed by atoms with E-state index in [2.05, 4.69) is 18.7 Å². The molecule has 26 heavy (non-hydrogen) atoms. The Labute approximate surface area is 155 Å². The Morgan fingerprint density at radius 1 is 1.31 bits per heavy atom. The van der Waals surface area contributed by atoms with Crippen LogP contribution in [0.4, 0.5) is 0 Å². The highest BCUT2D eigenvalue weighted by Gasteiger charge is 2.48. The molecule has 2 saturated heterocycles. The highest BCUT2D eigenvalue weighted by atomic mass is 16.5. The molecule has 2 aliphatic heterocycles. The lowest BCUT2D eigenvalue weighted by Gasteiger charge is -2.40. The molecular formula is C20H29N3O3. The van der Waals surface area contributed by atoms with Gasteiger partial charge in [0.15, 0.2) is 0 Å². The monoisotopic (exact) mass is 359 g/mol. The Kier molecular flexibility index (Phi) is 5.51. The number of carbonyl (C=O) groups is 2. The van der Waals surface area contributed by atoms with E-state index in [1.807, 2.05) is 29.2 Å². The van der Waals surface area contributed by atoms with Crippen molar-refractivity contribution in [1.82, 2.24) is 9.80 Å². The normalized spacial score (nSPS) is 26.2. The van der Waals surface area contributed by atoms with Gasteiger partial charge in [-0.3, -0.25) is 14.5 Å². The standard InChI is InChI=1S/C20H29N3O3/c1-13(2)8-18-17(20(21)25)9-15-11-22(12-19(24)23(15)18)10-14-4-6-16(26-3)7-5-14/h4-7,13,15,17-18H,8-12H2,1-3H3,(H2,21,25)/t15-,17-,18-/m1/s1. The summed E-state index contributed by atoms with van der Waals surface area (Å²) in [5, 5.41) is 0. The molecule has 3 atom stereocenters. The van der Waals surface area contributed by atoms with Crippen LogP contribution in [0.2, 0.25) is 0 Å². The number of benzene rings is 1. The minimum atomic E-state index is -0.278. The average molecular weight is 359 g/mol. The van der Waals surface area contributed by atoms with Crippen LogP contribution >= 0.6 is 0 Å². The van der Waals surface area contributed by atoms with Gasteiger partial charge in [-0.05, 0) is 36.5 Å². The number of hydrogen-bond donors (Lipinski definition) is 1. The van der Waals surface area contributed by atoms with Crippen LogP contribution in [0, 0.1) is 11.8 Å². The molecule has 1 aromatic carbocycles. The summed E-state index contributed by atoms with van der Waals surface area (Å²) in [6.45, 7) is 6.14. The second kappa shape index (κ2) is 7.66. The molecule has 2 amide bonds. The van der Waals surface area contributed by atoms with Gasteiger partial charge in [0.1, 0.15) is 5.75 Å². The zero-order valence-corrected chi connectivity index (χ0v) is 15.9. The topological polar surface area (TPSA) is 75.9 Å². The summed E-state index contributed by atoms with van der Waals surface area (Å²) < 4.78 is 5.19. The van der Waals surface area contributed by atoms with E-state index in [1.165, 1.54) is 0 Å². The Morgan fingerprint density at radius 2 is 2.00 bits per heavy atom. The lowest BCUT2D eigenvalue weighted by Crippen LogP contribution is -2.56. The molecule has 6 nitrogen and oxygen atoms in total. The molecule has 142 valence electrons. The average Bonchev–Trinajstić information content (AvgIpc) is 2.94. The van der Waals surface area contributed by atoms with Crippen molar-refractivity contribution in [3.63, 3.8) is 0 Å². The summed E-state index contributed by atoms with van der Waals surface area (Å²) in [4.78, 5) is 28.9. The fraction of sp³-hybridized carbons (Fsp3) is 0.600. The fourth-order valence-corrected chi connectivity index (χ4v) is 4.39. The Morgan fingerprint density at radius 3 is 2.58 bits per heavy atom. The van der Waals surface area contributed by atoms with Crippen LogP contribution in [0.1, 0.15) is 32.3 Å². The number of amides is 2. The van der Waals surface area contributed by atoms with Crippen molar-refractivity contribution >= 4 is 11.8 Å². The minimum absolute atomic E-state index is 0.0480. The molecule has 0 radical (unpaired) electrons. The van der Waals surface area contributed by atoms with Crippen molar-refractivity contribution in [1.29, 1.82) is 0 Å². The minimum Gasteiger partial charge on any atom is -0.497 e. The van der Waals surface area contributed by atoms with Crippen molar-refractivity contribution in [3.05, 3.63) is 29.8 Å². The van der Waals surface area contributed by atoms with Gasteiger partial charge in [0.25, 0.3) is 0 Å². The highest BCUT2D eigenvalue weighted by molar-refractivity contribution is 5.84. The number of primary amides is 1. The third-order valence-corrected chi connectivity index (χ3v) is 5.50. The van der Waals surface area contributed by atoms with E-state index in [0.717, 1.165) is 30.8 Å². The number of rotatable bonds is 6. The maximum atomic E-state index is 12.8. The zero-order chi connectivity index (χ0) is 18.8. The molecule has 0 saturated carbocycles. The Hall–Kier alpha value is -2.08. The van der Waals surface area contributed by atoms with E-state index in [4.69, 9.17) is 10.5 Å². The number of nitrogens with two attached hydrogens (primary N) is 1. The fourth-order valence-electron chi connectivity index (χ4n) is 4.39. The first-order valence-electron chi connectivity index (χ1n) is 9.34. The summed E-state index contributed by atoms with van der Waals surface area (Å²) in [6.07, 6.45) is 1.51. The van der Waals surface area contributed by atoms with Gasteiger partial charge in [-0.1, -0.05) is 26.0 Å². The zero-order valence-electron chi connectivity index (χ0n) is 15.9. The maximum absolute atomic E-state index is 12.8. The third kappa shape index (κ3) is 3.85. The van der Waals surface area contributed by atoms with Crippen LogP contribution in [-0.2, 0) is 16.1 Å². The van der Waals surface area contributed by atoms with E-state index >= 15 is 0 Å². The number of piperazine rings is 1. The Balaban J connectivity index is 1.71. The molecule has 2 fully saturated rings. The van der Waals surface area contributed by atoms with E-state index in [0.29, 0.717) is 18.9 Å². The molecule has 3 rings (SSSR count). The summed E-state index contributed by atoms with van der Waals surface area (Å²) in [6, 6.07) is 7.95. The quantitative estimate of drug-likeness (QED) is 0.838. The van der Waals surface area contributed by atoms with Crippen LogP contribution in [-0.4, -0.2) is 53.9 Å². The number of nitrogens with zero attached hydrogens (tertiary/aromatic N) is 2. The van der Waals surface area contributed by atoms with E-state index in [-0.39, 0.29) is 29.8 Å². The molecule has 0 bridgehead atoms. The van der Waals surface area contributed by atoms with Crippen LogP contribution in [0.15, 0.2) is 24.3 Å². The molecule has 2 heterocycles. The van der Waals surface area contributed by atoms with Gasteiger partial charge in [-0.25, -0.2) is 0 Å². The highest BCUT2D eigenvalue weighted by Crippen LogP contribution is 2.36. The first-order chi connectivity index (χ1) is 12.4. The summed E-state index contributed by atoms with van der Waals surface area (Å²) in [5.74, 6) is 0.855. The SMILES string of the molecule is COc1ccc(CN2CC(=O)N3[C@H](C[C@@H](C(N)=O)[C@H]3CC(C)C)C2)cc1. The van der Waals surface area contributed by atoms with E-state index in [1.54, 1.807) is 7.11 Å². The second-order valence-electron chi connectivity index (χ2n) is 7.91. The number of fused-ring (bicyclic) bond motifs is 1. The van der Waals surface area contributed by atoms with Crippen molar-refractivity contribution in [3.8, 4) is 5.75 Å². The lowest BCUT2D eigenvalue weighted by molar-refractivity contribution is -0.141. The molecule has 0 unspecified atom stereocenters. The predicted molar refractivity (Wildman–Crippen MR) is 99.4 cm³/mol. The molecule has 0 aromatic heterocycles. The number of ether oxygens (including phenoxy) is 1. The van der Waals surface area contributed by atoms with Gasteiger partial charge >= 0.3 is 0 Å². The first-order valence-corrected chi connectivity index (χ1v) is 9.34. The van der Waals surface area contributed by atoms with E-state index < -0.39 is 0 Å². The lowest BCUT2D eigenvalue weighted by atomic mass is 9.91. The second-order valence-corrected chi connectivity index (χ2v) is 7.91. The number of carbonyl (C=O) groups excluding carboxylic acids is 2. The summed E-state index contributed by atoms with van der Waals surface area (Å²) in [5.41, 5.74) is 6.80. The van der Waals surface area contributed by atoms with Crippen LogP contribution in [0.5, 0.6) is 5.75 Å². The predicted octanol–water partition coefficient (Wildman–Crippen LogP) is 1.63. The van der Waals surface area contributed by atoms with Crippen molar-refractivity contribution in [2.45, 2.75) is 45.3 Å². The van der Waals surface area contributed by atoms with E-state index in [9.17, 15) is 9.59 Å². The van der Waals surface area contributed by atoms with Crippen LogP contribution in [0.25, 0.3) is 0 Å². The molecule has 0 spiro atoms. The summed E-state index contributed by atoms with van der Waals surface area (Å²) in [7, 11) is 1.65. The number of hydrogen-bond acceptors (Lipinski definition) is 4. The van der Waals surface area contributed by atoms with Gasteiger partial charge in [0, 0.05) is 25.2 Å². The van der Waals surface area contributed by atoms with Gasteiger partial charge in [-0.2, -0.15) is 0 Å². The van der Waals surface area contributed by atoms with Crippen LogP contribution < -0.4 is 10.5 Å². The van der Waals surface area contributed by atoms with Gasteiger partial charge in [0.2, 0.25) is 11.8 Å². The Bertz CT molecular complexity index is 659. The van der Waals surface area contributed by atoms with Gasteiger partial charge in [0.05, 0.1) is 19.6 Å². The van der Waals surface area contributed by atoms with Crippen molar-refractivity contribution in [2.75, 3.05) is 20.2 Å². The third-order valence-electron chi connectivity index (χ3n) is 5.50. The largest absolute Gasteiger partial charge is 0.497 e. The smallest absolute Gasteiger partial charge is 0.237 e. The molecule has 6 heteroatoms. The number of methoxy groups -OCH3 is 1. The van der Waals surface area contributed by atoms with Gasteiger partial charge in [-0.15, -0.1) is 0 Å². The van der Waals surface area contributed by atoms with Crippen molar-refractivity contribution in [2.24, 2.45) is 17.6 Å².